The molecule has 1 heterocycles. The minimum absolute atomic E-state index is 0.145. The average Bonchev–Trinajstić information content (AvgIpc) is 2.65. The molecule has 2 rings (SSSR count). The molecule has 0 saturated carbocycles. The molecule has 0 bridgehead atoms. The number of alkyl carbamates (subject to hydrolysis) is 1. The van der Waals surface area contributed by atoms with Crippen molar-refractivity contribution < 1.29 is 24.2 Å². The van der Waals surface area contributed by atoms with E-state index in [9.17, 15) is 14.7 Å². The maximum absolute atomic E-state index is 11.9. The molecule has 0 aliphatic carbocycles. The van der Waals surface area contributed by atoms with Crippen LogP contribution in [0.15, 0.2) is 42.6 Å². The van der Waals surface area contributed by atoms with Crippen molar-refractivity contribution >= 4 is 12.1 Å². The molecule has 1 amide bonds. The molecule has 0 spiro atoms. The lowest BCUT2D eigenvalue weighted by Crippen LogP contribution is -2.29. The predicted molar refractivity (Wildman–Crippen MR) is 104 cm³/mol. The first-order valence-corrected chi connectivity index (χ1v) is 9.11. The first-order valence-electron chi connectivity index (χ1n) is 9.11. The van der Waals surface area contributed by atoms with E-state index < -0.39 is 18.2 Å². The zero-order chi connectivity index (χ0) is 20.5. The van der Waals surface area contributed by atoms with E-state index in [-0.39, 0.29) is 25.7 Å². The molecule has 150 valence electrons. The van der Waals surface area contributed by atoms with Crippen LogP contribution in [-0.4, -0.2) is 34.4 Å². The fourth-order valence-corrected chi connectivity index (χ4v) is 2.56. The quantitative estimate of drug-likeness (QED) is 0.687. The van der Waals surface area contributed by atoms with Gasteiger partial charge < -0.3 is 19.9 Å². The molecule has 2 aromatic rings. The zero-order valence-corrected chi connectivity index (χ0v) is 16.3. The summed E-state index contributed by atoms with van der Waals surface area (Å²) in [6.07, 6.45) is 0.314. The van der Waals surface area contributed by atoms with Crippen molar-refractivity contribution in [2.75, 3.05) is 0 Å². The highest BCUT2D eigenvalue weighted by atomic mass is 16.5. The van der Waals surface area contributed by atoms with Gasteiger partial charge in [-0.3, -0.25) is 4.98 Å². The van der Waals surface area contributed by atoms with Crippen LogP contribution < -0.4 is 5.32 Å². The topological polar surface area (TPSA) is 97.8 Å². The number of pyridine rings is 1. The summed E-state index contributed by atoms with van der Waals surface area (Å²) in [5.41, 5.74) is 3.39. The molecule has 1 aromatic carbocycles. The summed E-state index contributed by atoms with van der Waals surface area (Å²) < 4.78 is 10.6. The first kappa shape index (κ1) is 21.4. The minimum atomic E-state index is -0.994. The van der Waals surface area contributed by atoms with E-state index in [1.165, 1.54) is 0 Å². The van der Waals surface area contributed by atoms with Crippen LogP contribution in [0, 0.1) is 6.92 Å². The number of aromatic nitrogens is 1. The van der Waals surface area contributed by atoms with Gasteiger partial charge in [-0.25, -0.2) is 9.59 Å². The Hall–Kier alpha value is -2.93. The lowest BCUT2D eigenvalue weighted by atomic mass is 10.0. The number of ether oxygens (including phenoxy) is 2. The van der Waals surface area contributed by atoms with Crippen molar-refractivity contribution in [2.45, 2.75) is 52.6 Å². The number of carboxylic acid groups (broad SMARTS) is 1. The molecule has 0 aliphatic heterocycles. The van der Waals surface area contributed by atoms with Crippen molar-refractivity contribution in [3.63, 3.8) is 0 Å². The van der Waals surface area contributed by atoms with E-state index in [1.54, 1.807) is 20.0 Å². The summed E-state index contributed by atoms with van der Waals surface area (Å²) in [5, 5.41) is 12.0. The van der Waals surface area contributed by atoms with Crippen LogP contribution in [0.2, 0.25) is 0 Å². The molecule has 28 heavy (non-hydrogen) atoms. The molecule has 7 heteroatoms. The molecule has 0 fully saturated rings. The van der Waals surface area contributed by atoms with Gasteiger partial charge in [0.2, 0.25) is 0 Å². The van der Waals surface area contributed by atoms with E-state index in [2.05, 4.69) is 10.3 Å². The maximum atomic E-state index is 11.9. The van der Waals surface area contributed by atoms with E-state index in [0.29, 0.717) is 0 Å². The molecule has 0 saturated heterocycles. The molecule has 0 aliphatic rings. The molecule has 2 N–H and O–H groups in total. The Morgan fingerprint density at radius 2 is 1.89 bits per heavy atom. The number of aryl methyl sites for hydroxylation is 1. The number of rotatable bonds is 9. The Morgan fingerprint density at radius 3 is 2.54 bits per heavy atom. The van der Waals surface area contributed by atoms with Gasteiger partial charge in [0.1, 0.15) is 6.61 Å². The Balaban J connectivity index is 1.85. The Labute approximate surface area is 164 Å². The summed E-state index contributed by atoms with van der Waals surface area (Å²) >= 11 is 0. The average molecular weight is 386 g/mol. The number of hydrogen-bond acceptors (Lipinski definition) is 5. The Morgan fingerprint density at radius 1 is 1.14 bits per heavy atom. The zero-order valence-electron chi connectivity index (χ0n) is 16.3. The number of nitrogens with one attached hydrogen (secondary N) is 1. The van der Waals surface area contributed by atoms with Crippen molar-refractivity contribution in [3.8, 4) is 0 Å². The molecule has 0 radical (unpaired) electrons. The second-order valence-electron chi connectivity index (χ2n) is 6.77. The van der Waals surface area contributed by atoms with Gasteiger partial charge in [0, 0.05) is 30.4 Å². The van der Waals surface area contributed by atoms with Crippen LogP contribution >= 0.6 is 0 Å². The lowest BCUT2D eigenvalue weighted by molar-refractivity contribution is -0.153. The van der Waals surface area contributed by atoms with Crippen molar-refractivity contribution in [3.05, 3.63) is 65.0 Å². The Bertz CT molecular complexity index is 790. The number of amides is 1. The fourth-order valence-electron chi connectivity index (χ4n) is 2.56. The third-order valence-corrected chi connectivity index (χ3v) is 3.90. The van der Waals surface area contributed by atoms with Crippen LogP contribution in [0.5, 0.6) is 0 Å². The summed E-state index contributed by atoms with van der Waals surface area (Å²) in [6, 6.07) is 11.1. The van der Waals surface area contributed by atoms with Crippen LogP contribution in [0.4, 0.5) is 4.79 Å². The van der Waals surface area contributed by atoms with Crippen molar-refractivity contribution in [1.29, 1.82) is 0 Å². The highest BCUT2D eigenvalue weighted by Crippen LogP contribution is 2.12. The number of hydrogen-bond donors (Lipinski definition) is 2. The van der Waals surface area contributed by atoms with Gasteiger partial charge in [-0.15, -0.1) is 0 Å². The van der Waals surface area contributed by atoms with E-state index in [4.69, 9.17) is 9.47 Å². The molecule has 1 atom stereocenters. The van der Waals surface area contributed by atoms with E-state index >= 15 is 0 Å². The number of aliphatic carboxylic acids is 1. The normalized spacial score (nSPS) is 11.9. The van der Waals surface area contributed by atoms with Gasteiger partial charge in [-0.2, -0.15) is 0 Å². The van der Waals surface area contributed by atoms with Crippen LogP contribution in [0.25, 0.3) is 0 Å². The molecule has 0 unspecified atom stereocenters. The maximum Gasteiger partial charge on any atom is 0.407 e. The van der Waals surface area contributed by atoms with Gasteiger partial charge in [0.05, 0.1) is 6.10 Å². The smallest absolute Gasteiger partial charge is 0.407 e. The summed E-state index contributed by atoms with van der Waals surface area (Å²) in [6.45, 7) is 5.91. The van der Waals surface area contributed by atoms with Crippen LogP contribution in [0.1, 0.15) is 36.2 Å². The minimum Gasteiger partial charge on any atom is -0.479 e. The van der Waals surface area contributed by atoms with E-state index in [0.717, 1.165) is 22.4 Å². The number of benzene rings is 1. The molecule has 1 aromatic heterocycles. The second-order valence-corrected chi connectivity index (χ2v) is 6.77. The van der Waals surface area contributed by atoms with Crippen molar-refractivity contribution in [2.24, 2.45) is 0 Å². The largest absolute Gasteiger partial charge is 0.479 e. The fraction of sp³-hybridized carbons (Fsp3) is 0.381. The summed E-state index contributed by atoms with van der Waals surface area (Å²) in [4.78, 5) is 27.4. The molecular weight excluding hydrogens is 360 g/mol. The predicted octanol–water partition coefficient (Wildman–Crippen LogP) is 3.24. The molecular formula is C21H26N2O5. The van der Waals surface area contributed by atoms with Crippen LogP contribution in [0.3, 0.4) is 0 Å². The standard InChI is InChI=1S/C21H26N2O5/c1-14(2)28-19(20(24)25)10-16-5-4-6-17(9-16)11-23-21(26)27-13-18-8-7-15(3)22-12-18/h4-9,12,14,19H,10-11,13H2,1-3H3,(H,23,26)(H,24,25)/t19-/m0/s1. The second kappa shape index (κ2) is 10.4. The van der Waals surface area contributed by atoms with Gasteiger partial charge in [0.15, 0.2) is 6.10 Å². The number of carbonyl (C=O) groups excluding carboxylic acids is 1. The third-order valence-electron chi connectivity index (χ3n) is 3.90. The third kappa shape index (κ3) is 7.36. The number of carboxylic acids is 1. The first-order chi connectivity index (χ1) is 13.3. The van der Waals surface area contributed by atoms with Gasteiger partial charge in [0.25, 0.3) is 0 Å². The Kier molecular flexibility index (Phi) is 7.95. The lowest BCUT2D eigenvalue weighted by Gasteiger charge is -2.17. The number of nitrogens with zero attached hydrogens (tertiary/aromatic N) is 1. The van der Waals surface area contributed by atoms with Gasteiger partial charge in [-0.1, -0.05) is 30.3 Å². The summed E-state index contributed by atoms with van der Waals surface area (Å²) in [5.74, 6) is -0.994. The monoisotopic (exact) mass is 386 g/mol. The SMILES string of the molecule is Cc1ccc(COC(=O)NCc2cccc(C[C@H](OC(C)C)C(=O)O)c2)cn1. The van der Waals surface area contributed by atoms with E-state index in [1.807, 2.05) is 43.3 Å². The van der Waals surface area contributed by atoms with Crippen LogP contribution in [-0.2, 0) is 33.8 Å². The van der Waals surface area contributed by atoms with Gasteiger partial charge in [-0.05, 0) is 38.0 Å². The number of carbonyl (C=O) groups is 2. The molecule has 7 nitrogen and oxygen atoms in total. The van der Waals surface area contributed by atoms with Gasteiger partial charge >= 0.3 is 12.1 Å². The highest BCUT2D eigenvalue weighted by molar-refractivity contribution is 5.72. The summed E-state index contributed by atoms with van der Waals surface area (Å²) in [7, 11) is 0. The highest BCUT2D eigenvalue weighted by Gasteiger charge is 2.20. The van der Waals surface area contributed by atoms with Crippen molar-refractivity contribution in [1.82, 2.24) is 10.3 Å².